The van der Waals surface area contributed by atoms with Gasteiger partial charge < -0.3 is 0 Å². The van der Waals surface area contributed by atoms with Crippen LogP contribution in [0.5, 0.6) is 0 Å². The Morgan fingerprint density at radius 2 is 1.07 bits per heavy atom. The fraction of sp³-hybridized carbons (Fsp3) is 0.0500. The molecule has 3 heterocycles. The number of hydrogen-bond acceptors (Lipinski definition) is 6. The molecular formula is C40H34N6. The van der Waals surface area contributed by atoms with Crippen molar-refractivity contribution in [2.45, 2.75) is 13.8 Å². The summed E-state index contributed by atoms with van der Waals surface area (Å²) >= 11 is 0. The van der Waals surface area contributed by atoms with Crippen LogP contribution in [0.1, 0.15) is 23.9 Å². The average molecular weight is 599 g/mol. The van der Waals surface area contributed by atoms with Gasteiger partial charge in [0.2, 0.25) is 0 Å². The maximum absolute atomic E-state index is 4.90. The summed E-state index contributed by atoms with van der Waals surface area (Å²) in [5.41, 5.74) is 11.8. The molecule has 0 saturated heterocycles. The van der Waals surface area contributed by atoms with Gasteiger partial charge in [0.05, 0.1) is 11.4 Å². The molecule has 3 aromatic heterocycles. The Kier molecular flexibility index (Phi) is 10.2. The van der Waals surface area contributed by atoms with E-state index in [-0.39, 0.29) is 0 Å². The van der Waals surface area contributed by atoms with Crippen LogP contribution in [0.3, 0.4) is 0 Å². The van der Waals surface area contributed by atoms with Crippen molar-refractivity contribution in [2.24, 2.45) is 9.98 Å². The first-order valence-electron chi connectivity index (χ1n) is 14.7. The Balaban J connectivity index is 1.69. The normalized spacial score (nSPS) is 12.0. The van der Waals surface area contributed by atoms with Crippen LogP contribution in [0.15, 0.2) is 152 Å². The van der Waals surface area contributed by atoms with Crippen molar-refractivity contribution < 1.29 is 0 Å². The lowest BCUT2D eigenvalue weighted by Gasteiger charge is -2.14. The molecule has 0 fully saturated rings. The highest BCUT2D eigenvalue weighted by molar-refractivity contribution is 5.91. The number of benzene rings is 2. The quantitative estimate of drug-likeness (QED) is 0.112. The van der Waals surface area contributed by atoms with Crippen LogP contribution in [-0.2, 0) is 0 Å². The second kappa shape index (κ2) is 15.0. The first-order chi connectivity index (χ1) is 22.5. The second-order valence-corrected chi connectivity index (χ2v) is 10.4. The van der Waals surface area contributed by atoms with Gasteiger partial charge in [0, 0.05) is 60.7 Å². The lowest BCUT2D eigenvalue weighted by molar-refractivity contribution is 1.06. The zero-order chi connectivity index (χ0) is 32.3. The Morgan fingerprint density at radius 1 is 0.587 bits per heavy atom. The lowest BCUT2D eigenvalue weighted by atomic mass is 9.93. The van der Waals surface area contributed by atoms with Crippen molar-refractivity contribution in [3.63, 3.8) is 0 Å². The van der Waals surface area contributed by atoms with E-state index >= 15 is 0 Å². The third-order valence-electron chi connectivity index (χ3n) is 7.29. The van der Waals surface area contributed by atoms with E-state index in [1.54, 1.807) is 37.2 Å². The lowest BCUT2D eigenvalue weighted by Crippen LogP contribution is -1.97. The Morgan fingerprint density at radius 3 is 1.59 bits per heavy atom. The molecule has 0 N–H and O–H groups in total. The standard InChI is InChI=1S/C40H34N6/c1-6-30(10-16-42-8-3)34-23-36(32-13-19-44-20-14-32)26-38(24-34)40-27-39(45-29(5)46-40)37-22-33(28(4)9-15-41-7-2)21-35(25-37)31-11-17-43-18-12-31/h6-27H,1-3H2,4-5H3/b28-9+,30-10+,41-15?,42-16?. The first-order valence-corrected chi connectivity index (χ1v) is 14.7. The number of nitrogens with zero attached hydrogens (tertiary/aromatic N) is 6. The van der Waals surface area contributed by atoms with E-state index in [0.717, 1.165) is 67.0 Å². The zero-order valence-electron chi connectivity index (χ0n) is 26.0. The molecule has 224 valence electrons. The van der Waals surface area contributed by atoms with Crippen molar-refractivity contribution in [1.82, 2.24) is 19.9 Å². The summed E-state index contributed by atoms with van der Waals surface area (Å²) in [5, 5.41) is 0. The fourth-order valence-electron chi connectivity index (χ4n) is 5.01. The van der Waals surface area contributed by atoms with Crippen LogP contribution in [-0.4, -0.2) is 32.4 Å². The monoisotopic (exact) mass is 598 g/mol. The van der Waals surface area contributed by atoms with E-state index < -0.39 is 0 Å². The van der Waals surface area contributed by atoms with E-state index in [4.69, 9.17) is 9.97 Å². The molecule has 0 saturated carbocycles. The molecule has 0 unspecified atom stereocenters. The van der Waals surface area contributed by atoms with Crippen LogP contribution >= 0.6 is 0 Å². The molecule has 5 rings (SSSR count). The molecule has 0 aliphatic rings. The molecule has 0 spiro atoms. The van der Waals surface area contributed by atoms with Gasteiger partial charge in [-0.3, -0.25) is 20.0 Å². The first kappa shape index (κ1) is 31.3. The molecule has 46 heavy (non-hydrogen) atoms. The molecule has 0 bridgehead atoms. The van der Waals surface area contributed by atoms with Crippen LogP contribution in [0.4, 0.5) is 0 Å². The smallest absolute Gasteiger partial charge is 0.126 e. The number of aryl methyl sites for hydroxylation is 1. The SMILES string of the molecule is C=CN=C/C=C(\C)c1cc(-c2ccncc2)cc(-c2cc(-c3cc(/C(C=C)=C/C=NC=C)cc(-c4ccncc4)c3)nc(C)n2)c1. The second-order valence-electron chi connectivity index (χ2n) is 10.4. The summed E-state index contributed by atoms with van der Waals surface area (Å²) in [4.78, 5) is 26.5. The van der Waals surface area contributed by atoms with E-state index in [1.165, 1.54) is 12.4 Å². The number of aromatic nitrogens is 4. The minimum atomic E-state index is 0.669. The molecule has 6 heteroatoms. The number of pyridine rings is 2. The maximum atomic E-state index is 4.90. The summed E-state index contributed by atoms with van der Waals surface area (Å²) < 4.78 is 0. The number of rotatable bonds is 11. The predicted octanol–water partition coefficient (Wildman–Crippen LogP) is 9.64. The molecule has 2 aromatic carbocycles. The number of aliphatic imine (C=N–C) groups is 2. The summed E-state index contributed by atoms with van der Waals surface area (Å²) in [6.45, 7) is 15.4. The van der Waals surface area contributed by atoms with Gasteiger partial charge in [-0.15, -0.1) is 0 Å². The van der Waals surface area contributed by atoms with Gasteiger partial charge in [-0.2, -0.15) is 0 Å². The van der Waals surface area contributed by atoms with Crippen molar-refractivity contribution in [3.8, 4) is 44.8 Å². The maximum Gasteiger partial charge on any atom is 0.126 e. The Labute approximate surface area is 270 Å². The van der Waals surface area contributed by atoms with Gasteiger partial charge in [0.15, 0.2) is 0 Å². The summed E-state index contributed by atoms with van der Waals surface area (Å²) in [5.74, 6) is 0.669. The summed E-state index contributed by atoms with van der Waals surface area (Å²) in [7, 11) is 0. The highest BCUT2D eigenvalue weighted by atomic mass is 14.9. The molecule has 0 aliphatic carbocycles. The van der Waals surface area contributed by atoms with E-state index in [1.807, 2.05) is 55.5 Å². The molecule has 0 radical (unpaired) electrons. The van der Waals surface area contributed by atoms with Crippen LogP contribution in [0, 0.1) is 6.92 Å². The molecular weight excluding hydrogens is 564 g/mol. The molecule has 0 aliphatic heterocycles. The van der Waals surface area contributed by atoms with Crippen LogP contribution in [0.2, 0.25) is 0 Å². The van der Waals surface area contributed by atoms with E-state index in [2.05, 4.69) is 83.0 Å². The average Bonchev–Trinajstić information content (AvgIpc) is 3.10. The van der Waals surface area contributed by atoms with Crippen molar-refractivity contribution in [2.75, 3.05) is 0 Å². The predicted molar refractivity (Wildman–Crippen MR) is 193 cm³/mol. The minimum absolute atomic E-state index is 0.669. The van der Waals surface area contributed by atoms with E-state index in [9.17, 15) is 0 Å². The number of hydrogen-bond donors (Lipinski definition) is 0. The van der Waals surface area contributed by atoms with Gasteiger partial charge in [-0.25, -0.2) is 9.97 Å². The highest BCUT2D eigenvalue weighted by Crippen LogP contribution is 2.34. The minimum Gasteiger partial charge on any atom is -0.265 e. The Bertz CT molecular complexity index is 2000. The van der Waals surface area contributed by atoms with Gasteiger partial charge in [-0.05, 0) is 137 Å². The Hall–Kier alpha value is -6.14. The summed E-state index contributed by atoms with van der Waals surface area (Å²) in [6.07, 6.45) is 19.4. The third-order valence-corrected chi connectivity index (χ3v) is 7.29. The zero-order valence-corrected chi connectivity index (χ0v) is 26.0. The number of allylic oxidation sites excluding steroid dienone is 5. The van der Waals surface area contributed by atoms with Gasteiger partial charge >= 0.3 is 0 Å². The third kappa shape index (κ3) is 7.68. The fourth-order valence-corrected chi connectivity index (χ4v) is 5.01. The van der Waals surface area contributed by atoms with Crippen LogP contribution in [0.25, 0.3) is 55.9 Å². The van der Waals surface area contributed by atoms with Crippen molar-refractivity contribution in [1.29, 1.82) is 0 Å². The molecule has 5 aromatic rings. The topological polar surface area (TPSA) is 76.3 Å². The van der Waals surface area contributed by atoms with Gasteiger partial charge in [-0.1, -0.05) is 25.8 Å². The molecule has 0 atom stereocenters. The van der Waals surface area contributed by atoms with Gasteiger partial charge in [0.25, 0.3) is 0 Å². The van der Waals surface area contributed by atoms with Gasteiger partial charge in [0.1, 0.15) is 5.82 Å². The molecule has 6 nitrogen and oxygen atoms in total. The largest absolute Gasteiger partial charge is 0.265 e. The highest BCUT2D eigenvalue weighted by Gasteiger charge is 2.13. The van der Waals surface area contributed by atoms with E-state index in [0.29, 0.717) is 5.82 Å². The van der Waals surface area contributed by atoms with Crippen molar-refractivity contribution >= 4 is 23.6 Å². The van der Waals surface area contributed by atoms with Crippen LogP contribution < -0.4 is 0 Å². The summed E-state index contributed by atoms with van der Waals surface area (Å²) in [6, 6.07) is 22.9. The van der Waals surface area contributed by atoms with Crippen molar-refractivity contribution in [3.05, 3.63) is 159 Å². The molecule has 0 amide bonds.